The molecule has 583 valence electrons. The molecule has 14 aromatic carbocycles. The first kappa shape index (κ1) is 82.1. The summed E-state index contributed by atoms with van der Waals surface area (Å²) < 4.78 is 0. The van der Waals surface area contributed by atoms with Crippen LogP contribution in [0.25, 0.3) is 179 Å². The Kier molecular flexibility index (Phi) is 24.9. The molecule has 0 aliphatic carbocycles. The van der Waals surface area contributed by atoms with E-state index in [-0.39, 0.29) is 40.2 Å². The van der Waals surface area contributed by atoms with Crippen LogP contribution >= 0.6 is 0 Å². The summed E-state index contributed by atoms with van der Waals surface area (Å²) in [6, 6.07) is 131. The van der Waals surface area contributed by atoms with Crippen LogP contribution in [0.1, 0.15) is 55.6 Å². The van der Waals surface area contributed by atoms with E-state index in [1.54, 1.807) is 0 Å². The van der Waals surface area contributed by atoms with Gasteiger partial charge in [0, 0.05) is 44.9 Å². The van der Waals surface area contributed by atoms with Gasteiger partial charge in [-0.25, -0.2) is 0 Å². The SMILES string of the molecule is Cc1cc(C)cc(-c2ccccc2-c2ccc(-c3[c-]ccc(-c4cc(C)ccc4C)c3)nc2)c1.Cc1ccc(C)c(-c2cc[c-]c(-c3ccc(-c4ccccc4-c4cc(-c5ccccc5-c5ccc(-c6[c-]ccc(-c7cc(C)ccc7C)c6)nc5)cc(-c5ccccc5-c5ccc(-c6[c-]ccc(-c7cc(C)ccc7C)c6)nc5)c4)cn3)c2)c1.[Ir+3].[Ir]. The predicted octanol–water partition coefficient (Wildman–Crippen LogP) is 29.9. The van der Waals surface area contributed by atoms with Gasteiger partial charge in [-0.3, -0.25) is 0 Å². The first-order valence-corrected chi connectivity index (χ1v) is 40.4. The van der Waals surface area contributed by atoms with Gasteiger partial charge in [0.05, 0.1) is 0 Å². The van der Waals surface area contributed by atoms with Gasteiger partial charge in [0.15, 0.2) is 0 Å². The zero-order chi connectivity index (χ0) is 80.9. The zero-order valence-electron chi connectivity index (χ0n) is 68.9. The molecule has 0 saturated carbocycles. The fourth-order valence-corrected chi connectivity index (χ4v) is 16.3. The quantitative estimate of drug-likeness (QED) is 0.0905. The number of hydrogen-bond donors (Lipinski definition) is 0. The van der Waals surface area contributed by atoms with Gasteiger partial charge in [0.2, 0.25) is 0 Å². The summed E-state index contributed by atoms with van der Waals surface area (Å²) in [5, 5.41) is 0. The molecule has 4 nitrogen and oxygen atoms in total. The number of rotatable bonds is 16. The molecule has 0 amide bonds. The van der Waals surface area contributed by atoms with Gasteiger partial charge < -0.3 is 19.9 Å². The van der Waals surface area contributed by atoms with Gasteiger partial charge in [-0.2, -0.15) is 0 Å². The van der Waals surface area contributed by atoms with E-state index in [9.17, 15) is 0 Å². The van der Waals surface area contributed by atoms with Crippen molar-refractivity contribution in [1.29, 1.82) is 0 Å². The van der Waals surface area contributed by atoms with E-state index in [1.165, 1.54) is 100 Å². The number of pyridine rings is 4. The molecular formula is C114H88Ir2N4-. The van der Waals surface area contributed by atoms with Crippen molar-refractivity contribution in [3.8, 4) is 179 Å². The fraction of sp³-hybridized carbons (Fsp3) is 0.0877. The molecule has 0 saturated heterocycles. The second-order valence-corrected chi connectivity index (χ2v) is 31.3. The first-order chi connectivity index (χ1) is 57.5. The molecule has 0 aliphatic heterocycles. The van der Waals surface area contributed by atoms with E-state index in [1.807, 2.05) is 49.1 Å². The summed E-state index contributed by atoms with van der Waals surface area (Å²) in [6.45, 7) is 21.5. The van der Waals surface area contributed by atoms with E-state index in [2.05, 4.69) is 397 Å². The van der Waals surface area contributed by atoms with Crippen LogP contribution in [0, 0.1) is 93.5 Å². The monoisotopic (exact) mass is 1900 g/mol. The van der Waals surface area contributed by atoms with Crippen LogP contribution in [-0.2, 0) is 40.2 Å². The molecule has 0 bridgehead atoms. The number of aryl methyl sites for hydroxylation is 10. The Bertz CT molecular complexity index is 6280. The summed E-state index contributed by atoms with van der Waals surface area (Å²) in [5.74, 6) is 0. The zero-order valence-corrected chi connectivity index (χ0v) is 73.7. The van der Waals surface area contributed by atoms with E-state index in [0.717, 1.165) is 134 Å². The topological polar surface area (TPSA) is 51.6 Å². The van der Waals surface area contributed by atoms with Crippen LogP contribution in [0.2, 0.25) is 0 Å². The Hall–Kier alpha value is -13.0. The van der Waals surface area contributed by atoms with Crippen molar-refractivity contribution in [2.45, 2.75) is 69.2 Å². The molecule has 0 atom stereocenters. The Morgan fingerprint density at radius 2 is 0.392 bits per heavy atom. The number of aromatic nitrogens is 4. The standard InChI is InChI=1S/C81H60N3.C33H28N.2Ir/c1-52-28-31-55(4)76(40-52)58-16-13-19-61(43-58)79-37-34-64(49-82-79)70-22-7-10-25-73(70)67-46-68(74-26-11-8-23-71(74)65-35-38-80(83-50-65)62-20-14-17-59(44-62)77-41-53(2)29-32-56(77)5)48-69(47-67)75-27-12-9-24-72(75)66-36-39-81(84-51-66)63-21-15-18-60(45-63)78-42-54(3)30-33-57(78)6;1-22-12-13-25(4)32(19-22)26-8-7-9-27(20-26)33-15-14-28(21-34-33)30-10-5-6-11-31(30)29-17-23(2)16-24(3)18-29;;/h7-18,22-51H,1-6H3;5-8,10-21H,1-4H3;;/q-3;-1;;+3. The van der Waals surface area contributed by atoms with Crippen LogP contribution in [0.4, 0.5) is 0 Å². The van der Waals surface area contributed by atoms with Crippen LogP contribution in [0.5, 0.6) is 0 Å². The predicted molar refractivity (Wildman–Crippen MR) is 494 cm³/mol. The molecule has 0 fully saturated rings. The minimum atomic E-state index is 0. The van der Waals surface area contributed by atoms with Crippen LogP contribution in [-0.4, -0.2) is 19.9 Å². The molecule has 0 spiro atoms. The normalized spacial score (nSPS) is 10.9. The van der Waals surface area contributed by atoms with Gasteiger partial charge in [0.25, 0.3) is 0 Å². The third kappa shape index (κ3) is 18.0. The van der Waals surface area contributed by atoms with E-state index < -0.39 is 0 Å². The Labute approximate surface area is 734 Å². The maximum absolute atomic E-state index is 5.11. The van der Waals surface area contributed by atoms with Crippen molar-refractivity contribution in [3.05, 3.63) is 432 Å². The fourth-order valence-electron chi connectivity index (χ4n) is 16.3. The summed E-state index contributed by atoms with van der Waals surface area (Å²) in [5.41, 5.74) is 47.2. The van der Waals surface area contributed by atoms with Crippen molar-refractivity contribution in [3.63, 3.8) is 0 Å². The van der Waals surface area contributed by atoms with E-state index >= 15 is 0 Å². The van der Waals surface area contributed by atoms with Crippen molar-refractivity contribution >= 4 is 0 Å². The largest absolute Gasteiger partial charge is 3.00 e. The van der Waals surface area contributed by atoms with E-state index in [0.29, 0.717) is 0 Å². The maximum atomic E-state index is 5.11. The van der Waals surface area contributed by atoms with Gasteiger partial charge in [-0.15, -0.1) is 142 Å². The first-order valence-electron chi connectivity index (χ1n) is 40.4. The average molecular weight is 1900 g/mol. The Morgan fingerprint density at radius 3 is 0.608 bits per heavy atom. The molecular weight excluding hydrogens is 1810 g/mol. The summed E-state index contributed by atoms with van der Waals surface area (Å²) in [6.07, 6.45) is 8.00. The molecule has 1 radical (unpaired) electrons. The van der Waals surface area contributed by atoms with Crippen molar-refractivity contribution in [2.24, 2.45) is 0 Å². The summed E-state index contributed by atoms with van der Waals surface area (Å²) in [7, 11) is 0. The molecule has 0 N–H and O–H groups in total. The maximum Gasteiger partial charge on any atom is 3.00 e. The third-order valence-corrected chi connectivity index (χ3v) is 22.5. The van der Waals surface area contributed by atoms with Gasteiger partial charge in [-0.05, 0) is 244 Å². The Balaban J connectivity index is 0.000000260. The van der Waals surface area contributed by atoms with Gasteiger partial charge in [-0.1, -0.05) is 270 Å². The number of benzene rings is 14. The number of hydrogen-bond acceptors (Lipinski definition) is 4. The van der Waals surface area contributed by atoms with Crippen molar-refractivity contribution in [1.82, 2.24) is 19.9 Å². The molecule has 6 heteroatoms. The molecule has 120 heavy (non-hydrogen) atoms. The van der Waals surface area contributed by atoms with Crippen LogP contribution < -0.4 is 0 Å². The molecule has 18 rings (SSSR count). The van der Waals surface area contributed by atoms with Crippen molar-refractivity contribution < 1.29 is 40.2 Å². The Morgan fingerprint density at radius 1 is 0.175 bits per heavy atom. The molecule has 0 unspecified atom stereocenters. The van der Waals surface area contributed by atoms with Crippen LogP contribution in [0.3, 0.4) is 0 Å². The molecule has 4 aromatic heterocycles. The number of nitrogens with zero attached hydrogens (tertiary/aromatic N) is 4. The van der Waals surface area contributed by atoms with Crippen molar-refractivity contribution in [2.75, 3.05) is 0 Å². The minimum absolute atomic E-state index is 0. The summed E-state index contributed by atoms with van der Waals surface area (Å²) >= 11 is 0. The van der Waals surface area contributed by atoms with Gasteiger partial charge in [0.1, 0.15) is 0 Å². The molecule has 0 aliphatic rings. The molecule has 4 heterocycles. The smallest absolute Gasteiger partial charge is 0.304 e. The third-order valence-electron chi connectivity index (χ3n) is 22.5. The second kappa shape index (κ2) is 36.5. The summed E-state index contributed by atoms with van der Waals surface area (Å²) in [4.78, 5) is 20.2. The second-order valence-electron chi connectivity index (χ2n) is 31.3. The van der Waals surface area contributed by atoms with Gasteiger partial charge >= 0.3 is 20.1 Å². The van der Waals surface area contributed by atoms with E-state index in [4.69, 9.17) is 19.9 Å². The minimum Gasteiger partial charge on any atom is -0.304 e. The average Bonchev–Trinajstić information content (AvgIpc) is 0.766. The molecule has 18 aromatic rings. The van der Waals surface area contributed by atoms with Crippen LogP contribution in [0.15, 0.2) is 352 Å².